The zero-order chi connectivity index (χ0) is 19.2. The van der Waals surface area contributed by atoms with Crippen molar-refractivity contribution in [2.75, 3.05) is 17.7 Å². The molecule has 2 aromatic rings. The van der Waals surface area contributed by atoms with Crippen molar-refractivity contribution < 1.29 is 9.53 Å². The first-order valence-corrected chi connectivity index (χ1v) is 9.48. The summed E-state index contributed by atoms with van der Waals surface area (Å²) < 4.78 is 5.28. The molecule has 0 saturated heterocycles. The highest BCUT2D eigenvalue weighted by Crippen LogP contribution is 2.45. The fourth-order valence-electron chi connectivity index (χ4n) is 4.00. The molecule has 0 amide bonds. The van der Waals surface area contributed by atoms with Crippen molar-refractivity contribution in [3.63, 3.8) is 0 Å². The van der Waals surface area contributed by atoms with E-state index in [1.165, 1.54) is 0 Å². The van der Waals surface area contributed by atoms with E-state index in [9.17, 15) is 4.79 Å². The minimum absolute atomic E-state index is 0.0652. The third-order valence-electron chi connectivity index (χ3n) is 5.23. The lowest BCUT2D eigenvalue weighted by atomic mass is 9.73. The van der Waals surface area contributed by atoms with Crippen LogP contribution in [0.15, 0.2) is 53.7 Å². The molecule has 2 aromatic carbocycles. The predicted molar refractivity (Wildman–Crippen MR) is 109 cm³/mol. The number of fused-ring (bicyclic) bond motifs is 1. The van der Waals surface area contributed by atoms with Gasteiger partial charge in [-0.2, -0.15) is 0 Å². The second-order valence-corrected chi connectivity index (χ2v) is 8.38. The molecule has 0 fully saturated rings. The van der Waals surface area contributed by atoms with Crippen LogP contribution in [0.1, 0.15) is 38.3 Å². The molecule has 4 nitrogen and oxygen atoms in total. The maximum Gasteiger partial charge on any atom is 0.163 e. The molecule has 1 aliphatic heterocycles. The highest BCUT2D eigenvalue weighted by molar-refractivity contribution is 6.32. The van der Waals surface area contributed by atoms with Crippen LogP contribution in [-0.2, 0) is 4.79 Å². The van der Waals surface area contributed by atoms with Crippen molar-refractivity contribution in [2.45, 2.75) is 32.7 Å². The van der Waals surface area contributed by atoms with Gasteiger partial charge in [0.05, 0.1) is 29.5 Å². The zero-order valence-corrected chi connectivity index (χ0v) is 16.5. The molecule has 1 heterocycles. The van der Waals surface area contributed by atoms with Crippen molar-refractivity contribution in [3.05, 3.63) is 64.3 Å². The average Bonchev–Trinajstić information content (AvgIpc) is 2.77. The van der Waals surface area contributed by atoms with E-state index >= 15 is 0 Å². The van der Waals surface area contributed by atoms with Gasteiger partial charge in [0.2, 0.25) is 0 Å². The minimum Gasteiger partial charge on any atom is -0.495 e. The van der Waals surface area contributed by atoms with Crippen LogP contribution in [0.5, 0.6) is 5.75 Å². The van der Waals surface area contributed by atoms with Gasteiger partial charge in [-0.25, -0.2) is 0 Å². The van der Waals surface area contributed by atoms with E-state index in [0.29, 0.717) is 17.2 Å². The molecule has 5 heteroatoms. The summed E-state index contributed by atoms with van der Waals surface area (Å²) in [5, 5.41) is 7.61. The Kier molecular flexibility index (Phi) is 4.39. The summed E-state index contributed by atoms with van der Waals surface area (Å²) in [6.07, 6.45) is 1.36. The van der Waals surface area contributed by atoms with Gasteiger partial charge in [-0.15, -0.1) is 0 Å². The summed E-state index contributed by atoms with van der Waals surface area (Å²) in [7, 11) is 1.60. The van der Waals surface area contributed by atoms with Crippen LogP contribution in [0.25, 0.3) is 0 Å². The van der Waals surface area contributed by atoms with E-state index in [-0.39, 0.29) is 17.2 Å². The van der Waals surface area contributed by atoms with E-state index in [4.69, 9.17) is 16.3 Å². The maximum absolute atomic E-state index is 13.1. The maximum atomic E-state index is 13.1. The standard InChI is InChI=1S/C22H23ClN2O2/c1-22(2)11-17-20(18(26)12-22)21(13-8-9-19(27-3)14(23)10-13)25-16-7-5-4-6-15(16)24-17/h4-10,21,24-25H,11-12H2,1-3H3. The van der Waals surface area contributed by atoms with Gasteiger partial charge in [0.15, 0.2) is 5.78 Å². The third kappa shape index (κ3) is 3.30. The second-order valence-electron chi connectivity index (χ2n) is 7.98. The van der Waals surface area contributed by atoms with Crippen LogP contribution >= 0.6 is 11.6 Å². The van der Waals surface area contributed by atoms with Crippen LogP contribution in [0, 0.1) is 5.41 Å². The number of anilines is 2. The average molecular weight is 383 g/mol. The number of halogens is 1. The summed E-state index contributed by atoms with van der Waals surface area (Å²) in [4.78, 5) is 13.1. The molecule has 2 aliphatic rings. The Bertz CT molecular complexity index is 949. The number of hydrogen-bond donors (Lipinski definition) is 2. The molecule has 140 valence electrons. The Morgan fingerprint density at radius 1 is 1.11 bits per heavy atom. The molecule has 1 atom stereocenters. The number of Topliss-reactive ketones (excluding diaryl/α,β-unsaturated/α-hetero) is 1. The molecule has 1 aliphatic carbocycles. The SMILES string of the molecule is COc1ccc(C2Nc3ccccc3NC3=C2C(=O)CC(C)(C)C3)cc1Cl. The number of methoxy groups -OCH3 is 1. The molecule has 0 bridgehead atoms. The molecule has 4 rings (SSSR count). The molecular formula is C22H23ClN2O2. The van der Waals surface area contributed by atoms with E-state index in [1.807, 2.05) is 42.5 Å². The summed E-state index contributed by atoms with van der Waals surface area (Å²) in [6, 6.07) is 13.5. The topological polar surface area (TPSA) is 50.4 Å². The highest BCUT2D eigenvalue weighted by atomic mass is 35.5. The number of ether oxygens (including phenoxy) is 1. The number of allylic oxidation sites excluding steroid dienone is 1. The van der Waals surface area contributed by atoms with E-state index in [2.05, 4.69) is 24.5 Å². The van der Waals surface area contributed by atoms with Crippen molar-refractivity contribution in [1.82, 2.24) is 0 Å². The Morgan fingerprint density at radius 3 is 2.56 bits per heavy atom. The number of hydrogen-bond acceptors (Lipinski definition) is 4. The Balaban J connectivity index is 1.87. The van der Waals surface area contributed by atoms with Crippen LogP contribution < -0.4 is 15.4 Å². The molecular weight excluding hydrogens is 360 g/mol. The van der Waals surface area contributed by atoms with Crippen molar-refractivity contribution in [2.24, 2.45) is 5.41 Å². The number of carbonyl (C=O) groups is 1. The highest BCUT2D eigenvalue weighted by Gasteiger charge is 2.38. The summed E-state index contributed by atoms with van der Waals surface area (Å²) in [6.45, 7) is 4.28. The third-order valence-corrected chi connectivity index (χ3v) is 5.53. The molecule has 0 aromatic heterocycles. The molecule has 2 N–H and O–H groups in total. The first kappa shape index (κ1) is 17.9. The van der Waals surface area contributed by atoms with Crippen LogP contribution in [-0.4, -0.2) is 12.9 Å². The first-order valence-electron chi connectivity index (χ1n) is 9.10. The van der Waals surface area contributed by atoms with E-state index < -0.39 is 0 Å². The lowest BCUT2D eigenvalue weighted by Gasteiger charge is -2.34. The number of benzene rings is 2. The molecule has 1 unspecified atom stereocenters. The summed E-state index contributed by atoms with van der Waals surface area (Å²) in [5.74, 6) is 0.795. The fraction of sp³-hybridized carbons (Fsp3) is 0.318. The van der Waals surface area contributed by atoms with Crippen molar-refractivity contribution in [3.8, 4) is 5.75 Å². The number of nitrogens with one attached hydrogen (secondary N) is 2. The monoisotopic (exact) mass is 382 g/mol. The van der Waals surface area contributed by atoms with Gasteiger partial charge in [-0.3, -0.25) is 4.79 Å². The molecule has 0 spiro atoms. The fourth-order valence-corrected chi connectivity index (χ4v) is 4.27. The number of carbonyl (C=O) groups excluding carboxylic acids is 1. The predicted octanol–water partition coefficient (Wildman–Crippen LogP) is 5.57. The van der Waals surface area contributed by atoms with Gasteiger partial charge in [-0.1, -0.05) is 43.6 Å². The molecule has 0 radical (unpaired) electrons. The lowest BCUT2D eigenvalue weighted by molar-refractivity contribution is -0.118. The minimum atomic E-state index is -0.261. The van der Waals surface area contributed by atoms with Crippen LogP contribution in [0.2, 0.25) is 5.02 Å². The van der Waals surface area contributed by atoms with Crippen molar-refractivity contribution >= 4 is 28.8 Å². The second kappa shape index (κ2) is 6.61. The van der Waals surface area contributed by atoms with Gasteiger partial charge in [0.25, 0.3) is 0 Å². The van der Waals surface area contributed by atoms with Crippen molar-refractivity contribution in [1.29, 1.82) is 0 Å². The molecule has 27 heavy (non-hydrogen) atoms. The van der Waals surface area contributed by atoms with Gasteiger partial charge < -0.3 is 15.4 Å². The van der Waals surface area contributed by atoms with Gasteiger partial charge in [0, 0.05) is 17.7 Å². The zero-order valence-electron chi connectivity index (χ0n) is 15.7. The van der Waals surface area contributed by atoms with Gasteiger partial charge >= 0.3 is 0 Å². The van der Waals surface area contributed by atoms with E-state index in [1.54, 1.807) is 7.11 Å². The van der Waals surface area contributed by atoms with Gasteiger partial charge in [0.1, 0.15) is 5.75 Å². The van der Waals surface area contributed by atoms with Crippen LogP contribution in [0.3, 0.4) is 0 Å². The summed E-state index contributed by atoms with van der Waals surface area (Å²) in [5.41, 5.74) is 4.62. The normalized spacial score (nSPS) is 20.7. The number of para-hydroxylation sites is 2. The Labute approximate surface area is 164 Å². The van der Waals surface area contributed by atoms with Gasteiger partial charge in [-0.05, 0) is 41.7 Å². The van der Waals surface area contributed by atoms with Crippen LogP contribution in [0.4, 0.5) is 11.4 Å². The Morgan fingerprint density at radius 2 is 1.85 bits per heavy atom. The number of ketones is 1. The smallest absolute Gasteiger partial charge is 0.163 e. The Hall–Kier alpha value is -2.46. The first-order chi connectivity index (χ1) is 12.9. The molecule has 0 saturated carbocycles. The largest absolute Gasteiger partial charge is 0.495 e. The van der Waals surface area contributed by atoms with E-state index in [0.717, 1.165) is 34.6 Å². The summed E-state index contributed by atoms with van der Waals surface area (Å²) >= 11 is 6.38. The lowest BCUT2D eigenvalue weighted by Crippen LogP contribution is -2.31. The number of rotatable bonds is 2. The quantitative estimate of drug-likeness (QED) is 0.712.